The Hall–Kier alpha value is -0.610. The van der Waals surface area contributed by atoms with Crippen LogP contribution >= 0.6 is 0 Å². The molecule has 0 aromatic heterocycles. The molecule has 1 fully saturated rings. The van der Waals surface area contributed by atoms with Crippen LogP contribution in [0.1, 0.15) is 33.1 Å². The van der Waals surface area contributed by atoms with E-state index < -0.39 is 11.5 Å². The Morgan fingerprint density at radius 3 is 2.75 bits per heavy atom. The number of aliphatic hydroxyl groups is 1. The van der Waals surface area contributed by atoms with Crippen molar-refractivity contribution in [1.29, 1.82) is 0 Å². The van der Waals surface area contributed by atoms with Crippen molar-refractivity contribution in [3.63, 3.8) is 0 Å². The summed E-state index contributed by atoms with van der Waals surface area (Å²) in [6.45, 7) is 4.82. The minimum absolute atomic E-state index is 0.290. The molecule has 0 spiro atoms. The highest BCUT2D eigenvalue weighted by Crippen LogP contribution is 2.34. The second kappa shape index (κ2) is 5.15. The van der Waals surface area contributed by atoms with E-state index in [9.17, 15) is 9.90 Å². The molecule has 1 N–H and O–H groups in total. The lowest BCUT2D eigenvalue weighted by atomic mass is 9.76. The quantitative estimate of drug-likeness (QED) is 0.734. The summed E-state index contributed by atoms with van der Waals surface area (Å²) >= 11 is 0. The zero-order chi connectivity index (χ0) is 12.3. The molecule has 0 aromatic carbocycles. The van der Waals surface area contributed by atoms with E-state index in [1.54, 1.807) is 0 Å². The summed E-state index contributed by atoms with van der Waals surface area (Å²) in [5.74, 6) is -0.685. The van der Waals surface area contributed by atoms with Crippen molar-refractivity contribution < 1.29 is 14.6 Å². The van der Waals surface area contributed by atoms with E-state index in [1.165, 1.54) is 7.11 Å². The maximum Gasteiger partial charge on any atom is 0.311 e. The third-order valence-electron chi connectivity index (χ3n) is 3.84. The largest absolute Gasteiger partial charge is 0.469 e. The van der Waals surface area contributed by atoms with E-state index in [2.05, 4.69) is 11.8 Å². The number of hydrogen-bond acceptors (Lipinski definition) is 4. The Bertz CT molecular complexity index is 257. The zero-order valence-electron chi connectivity index (χ0n) is 10.7. The van der Waals surface area contributed by atoms with Crippen LogP contribution in [-0.2, 0) is 9.53 Å². The van der Waals surface area contributed by atoms with Gasteiger partial charge in [-0.05, 0) is 33.2 Å². The van der Waals surface area contributed by atoms with Gasteiger partial charge >= 0.3 is 5.97 Å². The summed E-state index contributed by atoms with van der Waals surface area (Å²) < 4.78 is 4.77. The fourth-order valence-corrected chi connectivity index (χ4v) is 2.58. The molecule has 3 unspecified atom stereocenters. The number of carbonyl (C=O) groups is 1. The molecule has 1 aliphatic rings. The maximum absolute atomic E-state index is 11.6. The van der Waals surface area contributed by atoms with Gasteiger partial charge in [-0.15, -0.1) is 0 Å². The van der Waals surface area contributed by atoms with Crippen LogP contribution in [0.15, 0.2) is 0 Å². The number of rotatable bonds is 3. The molecule has 0 bridgehead atoms. The van der Waals surface area contributed by atoms with Gasteiger partial charge in [-0.1, -0.05) is 6.92 Å². The molecule has 4 heteroatoms. The van der Waals surface area contributed by atoms with E-state index in [0.29, 0.717) is 25.3 Å². The lowest BCUT2D eigenvalue weighted by molar-refractivity contribution is -0.161. The van der Waals surface area contributed by atoms with Crippen LogP contribution < -0.4 is 0 Å². The zero-order valence-corrected chi connectivity index (χ0v) is 10.7. The second-order valence-corrected chi connectivity index (χ2v) is 4.87. The van der Waals surface area contributed by atoms with E-state index in [-0.39, 0.29) is 5.97 Å². The summed E-state index contributed by atoms with van der Waals surface area (Å²) in [7, 11) is 3.43. The van der Waals surface area contributed by atoms with Crippen LogP contribution in [0, 0.1) is 5.92 Å². The van der Waals surface area contributed by atoms with Crippen molar-refractivity contribution in [2.45, 2.75) is 44.8 Å². The molecule has 1 saturated heterocycles. The van der Waals surface area contributed by atoms with Crippen molar-refractivity contribution >= 4 is 5.97 Å². The van der Waals surface area contributed by atoms with Gasteiger partial charge in [0.15, 0.2) is 0 Å². The number of nitrogens with zero attached hydrogens (tertiary/aromatic N) is 1. The number of methoxy groups -OCH3 is 1. The van der Waals surface area contributed by atoms with Crippen molar-refractivity contribution in [3.05, 3.63) is 0 Å². The number of piperidine rings is 1. The van der Waals surface area contributed by atoms with Crippen LogP contribution in [-0.4, -0.2) is 48.3 Å². The summed E-state index contributed by atoms with van der Waals surface area (Å²) in [6.07, 6.45) is 1.90. The van der Waals surface area contributed by atoms with Gasteiger partial charge in [-0.2, -0.15) is 0 Å². The third kappa shape index (κ3) is 2.55. The minimum Gasteiger partial charge on any atom is -0.469 e. The number of esters is 1. The smallest absolute Gasteiger partial charge is 0.311 e. The molecule has 0 saturated carbocycles. The van der Waals surface area contributed by atoms with Crippen molar-refractivity contribution in [2.75, 3.05) is 20.7 Å². The summed E-state index contributed by atoms with van der Waals surface area (Å²) in [5, 5.41) is 10.6. The first kappa shape index (κ1) is 13.5. The summed E-state index contributed by atoms with van der Waals surface area (Å²) in [4.78, 5) is 13.8. The molecule has 16 heavy (non-hydrogen) atoms. The fourth-order valence-electron chi connectivity index (χ4n) is 2.58. The van der Waals surface area contributed by atoms with Gasteiger partial charge in [0.25, 0.3) is 0 Å². The molecule has 0 aromatic rings. The normalized spacial score (nSPS) is 33.4. The Labute approximate surface area is 97.6 Å². The van der Waals surface area contributed by atoms with E-state index in [1.807, 2.05) is 14.0 Å². The molecule has 3 atom stereocenters. The first-order chi connectivity index (χ1) is 7.44. The molecule has 0 amide bonds. The molecule has 1 rings (SSSR count). The molecular weight excluding hydrogens is 206 g/mol. The van der Waals surface area contributed by atoms with Gasteiger partial charge in [0.2, 0.25) is 0 Å². The number of ether oxygens (including phenoxy) is 1. The topological polar surface area (TPSA) is 49.8 Å². The van der Waals surface area contributed by atoms with Crippen molar-refractivity contribution in [1.82, 2.24) is 4.90 Å². The van der Waals surface area contributed by atoms with Gasteiger partial charge < -0.3 is 14.7 Å². The monoisotopic (exact) mass is 229 g/mol. The van der Waals surface area contributed by atoms with E-state index >= 15 is 0 Å². The highest BCUT2D eigenvalue weighted by molar-refractivity contribution is 5.73. The maximum atomic E-state index is 11.6. The van der Waals surface area contributed by atoms with Crippen LogP contribution in [0.25, 0.3) is 0 Å². The first-order valence-electron chi connectivity index (χ1n) is 5.95. The molecule has 94 valence electrons. The summed E-state index contributed by atoms with van der Waals surface area (Å²) in [5.41, 5.74) is -0.895. The van der Waals surface area contributed by atoms with Crippen molar-refractivity contribution in [3.8, 4) is 0 Å². The average Bonchev–Trinajstić information content (AvgIpc) is 2.24. The predicted octanol–water partition coefficient (Wildman–Crippen LogP) is 1.03. The van der Waals surface area contributed by atoms with Crippen LogP contribution in [0.5, 0.6) is 0 Å². The molecule has 1 aliphatic heterocycles. The molecule has 0 radical (unpaired) electrons. The molecular formula is C12H23NO3. The van der Waals surface area contributed by atoms with Gasteiger partial charge in [0, 0.05) is 12.6 Å². The van der Waals surface area contributed by atoms with Crippen LogP contribution in [0.2, 0.25) is 0 Å². The fraction of sp³-hybridized carbons (Fsp3) is 0.917. The van der Waals surface area contributed by atoms with Gasteiger partial charge in [-0.25, -0.2) is 0 Å². The minimum atomic E-state index is -0.895. The number of likely N-dealkylation sites (tertiary alicyclic amines) is 1. The van der Waals surface area contributed by atoms with Crippen LogP contribution in [0.4, 0.5) is 0 Å². The lowest BCUT2D eigenvalue weighted by Crippen LogP contribution is -2.53. The first-order valence-corrected chi connectivity index (χ1v) is 5.95. The standard InChI is InChI=1S/C12H23NO3/c1-5-10(11(14)16-4)12(15)6-7-13(3)9(2)8-12/h9-10,15H,5-8H2,1-4H3. The Morgan fingerprint density at radius 1 is 1.69 bits per heavy atom. The average molecular weight is 229 g/mol. The second-order valence-electron chi connectivity index (χ2n) is 4.87. The van der Waals surface area contributed by atoms with E-state index in [4.69, 9.17) is 4.74 Å². The predicted molar refractivity (Wildman–Crippen MR) is 62.1 cm³/mol. The van der Waals surface area contributed by atoms with E-state index in [0.717, 1.165) is 6.54 Å². The SMILES string of the molecule is CCC(C(=O)OC)C1(O)CCN(C)C(C)C1. The summed E-state index contributed by atoms with van der Waals surface area (Å²) in [6, 6.07) is 0.303. The Balaban J connectivity index is 2.79. The highest BCUT2D eigenvalue weighted by Gasteiger charge is 2.44. The number of carbonyl (C=O) groups excluding carboxylic acids is 1. The number of hydrogen-bond donors (Lipinski definition) is 1. The van der Waals surface area contributed by atoms with Crippen LogP contribution in [0.3, 0.4) is 0 Å². The highest BCUT2D eigenvalue weighted by atomic mass is 16.5. The Kier molecular flexibility index (Phi) is 4.33. The van der Waals surface area contributed by atoms with Crippen molar-refractivity contribution in [2.24, 2.45) is 5.92 Å². The molecule has 1 heterocycles. The molecule has 4 nitrogen and oxygen atoms in total. The Morgan fingerprint density at radius 2 is 2.31 bits per heavy atom. The van der Waals surface area contributed by atoms with Gasteiger partial charge in [0.05, 0.1) is 18.6 Å². The third-order valence-corrected chi connectivity index (χ3v) is 3.84. The molecule has 0 aliphatic carbocycles. The lowest BCUT2D eigenvalue weighted by Gasteiger charge is -2.44. The van der Waals surface area contributed by atoms with Gasteiger partial charge in [-0.3, -0.25) is 4.79 Å². The van der Waals surface area contributed by atoms with Gasteiger partial charge in [0.1, 0.15) is 0 Å².